The van der Waals surface area contributed by atoms with E-state index in [0.717, 1.165) is 32.0 Å². The van der Waals surface area contributed by atoms with Crippen LogP contribution < -0.4 is 0 Å². The number of allylic oxidation sites excluding steroid dienone is 2. The molecule has 0 amide bonds. The molecule has 2 rings (SSSR count). The van der Waals surface area contributed by atoms with Gasteiger partial charge in [-0.25, -0.2) is 0 Å². The molecule has 1 unspecified atom stereocenters. The van der Waals surface area contributed by atoms with Gasteiger partial charge in [0.1, 0.15) is 0 Å². The predicted octanol–water partition coefficient (Wildman–Crippen LogP) is 3.91. The van der Waals surface area contributed by atoms with Gasteiger partial charge in [0.05, 0.1) is 13.2 Å². The molecule has 0 spiro atoms. The second-order valence-electron chi connectivity index (χ2n) is 6.17. The van der Waals surface area contributed by atoms with Crippen molar-refractivity contribution in [3.8, 4) is 0 Å². The SMILES string of the molecule is CCC1CC(C)(C)CC=C1CCC1OCCO1. The van der Waals surface area contributed by atoms with Crippen molar-refractivity contribution in [1.29, 1.82) is 0 Å². The fraction of sp³-hybridized carbons (Fsp3) is 0.867. The first-order valence-corrected chi connectivity index (χ1v) is 7.03. The molecule has 1 heterocycles. The maximum atomic E-state index is 5.50. The fourth-order valence-corrected chi connectivity index (χ4v) is 3.03. The summed E-state index contributed by atoms with van der Waals surface area (Å²) in [4.78, 5) is 0. The Bertz CT molecular complexity index is 275. The van der Waals surface area contributed by atoms with Crippen LogP contribution in [0.3, 0.4) is 0 Å². The second-order valence-corrected chi connectivity index (χ2v) is 6.17. The molecular weight excluding hydrogens is 212 g/mol. The molecule has 0 N–H and O–H groups in total. The van der Waals surface area contributed by atoms with E-state index in [9.17, 15) is 0 Å². The van der Waals surface area contributed by atoms with Gasteiger partial charge in [-0.2, -0.15) is 0 Å². The summed E-state index contributed by atoms with van der Waals surface area (Å²) in [5, 5.41) is 0. The van der Waals surface area contributed by atoms with Crippen LogP contribution in [0.4, 0.5) is 0 Å². The molecule has 98 valence electrons. The highest BCUT2D eigenvalue weighted by Gasteiger charge is 2.28. The summed E-state index contributed by atoms with van der Waals surface area (Å²) in [6.07, 6.45) is 8.55. The molecule has 0 aromatic rings. The average Bonchev–Trinajstić information content (AvgIpc) is 2.79. The van der Waals surface area contributed by atoms with E-state index in [1.165, 1.54) is 19.3 Å². The second kappa shape index (κ2) is 5.53. The van der Waals surface area contributed by atoms with Gasteiger partial charge in [-0.05, 0) is 37.0 Å². The molecule has 2 aliphatic rings. The standard InChI is InChI=1S/C15H26O2/c1-4-12-11-15(2,3)8-7-13(12)5-6-14-16-9-10-17-14/h7,12,14H,4-6,8-11H2,1-3H3. The minimum atomic E-state index is 0.0587. The Balaban J connectivity index is 1.87. The summed E-state index contributed by atoms with van der Waals surface area (Å²) in [5.74, 6) is 0.778. The largest absolute Gasteiger partial charge is 0.350 e. The first-order valence-electron chi connectivity index (χ1n) is 7.03. The van der Waals surface area contributed by atoms with Crippen LogP contribution in [0.2, 0.25) is 0 Å². The summed E-state index contributed by atoms with van der Waals surface area (Å²) >= 11 is 0. The number of hydrogen-bond acceptors (Lipinski definition) is 2. The highest BCUT2D eigenvalue weighted by Crippen LogP contribution is 2.41. The maximum Gasteiger partial charge on any atom is 0.158 e. The molecule has 0 bridgehead atoms. The zero-order valence-corrected chi connectivity index (χ0v) is 11.5. The first-order chi connectivity index (χ1) is 8.11. The molecule has 2 nitrogen and oxygen atoms in total. The van der Waals surface area contributed by atoms with E-state index in [-0.39, 0.29) is 6.29 Å². The van der Waals surface area contributed by atoms with Gasteiger partial charge in [0, 0.05) is 6.42 Å². The van der Waals surface area contributed by atoms with Crippen LogP contribution in [0.1, 0.15) is 52.9 Å². The van der Waals surface area contributed by atoms with Crippen LogP contribution in [-0.4, -0.2) is 19.5 Å². The van der Waals surface area contributed by atoms with Crippen molar-refractivity contribution in [2.45, 2.75) is 59.2 Å². The third kappa shape index (κ3) is 3.56. The van der Waals surface area contributed by atoms with Crippen LogP contribution >= 0.6 is 0 Å². The van der Waals surface area contributed by atoms with E-state index in [4.69, 9.17) is 9.47 Å². The van der Waals surface area contributed by atoms with Crippen molar-refractivity contribution in [2.75, 3.05) is 13.2 Å². The van der Waals surface area contributed by atoms with Gasteiger partial charge in [-0.1, -0.05) is 32.4 Å². The van der Waals surface area contributed by atoms with Gasteiger partial charge >= 0.3 is 0 Å². The zero-order valence-electron chi connectivity index (χ0n) is 11.5. The predicted molar refractivity (Wildman–Crippen MR) is 69.8 cm³/mol. The molecule has 2 heteroatoms. The summed E-state index contributed by atoms with van der Waals surface area (Å²) in [6.45, 7) is 8.61. The Morgan fingerprint density at radius 1 is 1.29 bits per heavy atom. The summed E-state index contributed by atoms with van der Waals surface area (Å²) < 4.78 is 11.0. The Morgan fingerprint density at radius 2 is 2.00 bits per heavy atom. The lowest BCUT2D eigenvalue weighted by Crippen LogP contribution is -2.23. The summed E-state index contributed by atoms with van der Waals surface area (Å²) in [7, 11) is 0. The normalized spacial score (nSPS) is 29.4. The molecule has 1 atom stereocenters. The van der Waals surface area contributed by atoms with Gasteiger partial charge in [0.15, 0.2) is 6.29 Å². The lowest BCUT2D eigenvalue weighted by Gasteiger charge is -2.35. The average molecular weight is 238 g/mol. The Morgan fingerprint density at radius 3 is 2.65 bits per heavy atom. The molecule has 1 aliphatic carbocycles. The number of rotatable bonds is 4. The third-order valence-electron chi connectivity index (χ3n) is 4.09. The first kappa shape index (κ1) is 13.1. The van der Waals surface area contributed by atoms with Crippen molar-refractivity contribution in [2.24, 2.45) is 11.3 Å². The minimum absolute atomic E-state index is 0.0587. The highest BCUT2D eigenvalue weighted by molar-refractivity contribution is 5.13. The van der Waals surface area contributed by atoms with Crippen molar-refractivity contribution in [3.63, 3.8) is 0 Å². The van der Waals surface area contributed by atoms with Crippen molar-refractivity contribution in [3.05, 3.63) is 11.6 Å². The molecule has 1 aliphatic heterocycles. The zero-order chi connectivity index (χ0) is 12.3. The number of ether oxygens (including phenoxy) is 2. The van der Waals surface area contributed by atoms with Crippen LogP contribution in [0.25, 0.3) is 0 Å². The van der Waals surface area contributed by atoms with Crippen LogP contribution in [0.5, 0.6) is 0 Å². The quantitative estimate of drug-likeness (QED) is 0.691. The monoisotopic (exact) mass is 238 g/mol. The Hall–Kier alpha value is -0.340. The van der Waals surface area contributed by atoms with Gasteiger partial charge in [-0.15, -0.1) is 0 Å². The maximum absolute atomic E-state index is 5.50. The fourth-order valence-electron chi connectivity index (χ4n) is 3.03. The summed E-state index contributed by atoms with van der Waals surface area (Å²) in [6, 6.07) is 0. The van der Waals surface area contributed by atoms with Crippen LogP contribution in [0, 0.1) is 11.3 Å². The van der Waals surface area contributed by atoms with E-state index >= 15 is 0 Å². The lowest BCUT2D eigenvalue weighted by atomic mass is 9.71. The molecule has 0 radical (unpaired) electrons. The van der Waals surface area contributed by atoms with Crippen molar-refractivity contribution in [1.82, 2.24) is 0 Å². The van der Waals surface area contributed by atoms with E-state index in [0.29, 0.717) is 5.41 Å². The minimum Gasteiger partial charge on any atom is -0.350 e. The number of hydrogen-bond donors (Lipinski definition) is 0. The molecule has 1 fully saturated rings. The molecule has 0 aromatic carbocycles. The molecule has 0 aromatic heterocycles. The Labute approximate surface area is 105 Å². The van der Waals surface area contributed by atoms with E-state index < -0.39 is 0 Å². The van der Waals surface area contributed by atoms with Gasteiger partial charge in [-0.3, -0.25) is 0 Å². The molecular formula is C15H26O2. The molecule has 17 heavy (non-hydrogen) atoms. The van der Waals surface area contributed by atoms with Crippen LogP contribution in [-0.2, 0) is 9.47 Å². The third-order valence-corrected chi connectivity index (χ3v) is 4.09. The van der Waals surface area contributed by atoms with E-state index in [1.807, 2.05) is 0 Å². The molecule has 1 saturated heterocycles. The van der Waals surface area contributed by atoms with E-state index in [1.54, 1.807) is 5.57 Å². The lowest BCUT2D eigenvalue weighted by molar-refractivity contribution is -0.0466. The highest BCUT2D eigenvalue weighted by atomic mass is 16.7. The van der Waals surface area contributed by atoms with Crippen molar-refractivity contribution < 1.29 is 9.47 Å². The van der Waals surface area contributed by atoms with E-state index in [2.05, 4.69) is 26.8 Å². The smallest absolute Gasteiger partial charge is 0.158 e. The van der Waals surface area contributed by atoms with Crippen LogP contribution in [0.15, 0.2) is 11.6 Å². The van der Waals surface area contributed by atoms with Gasteiger partial charge in [0.25, 0.3) is 0 Å². The van der Waals surface area contributed by atoms with Gasteiger partial charge in [0.2, 0.25) is 0 Å². The molecule has 0 saturated carbocycles. The Kier molecular flexibility index (Phi) is 4.26. The topological polar surface area (TPSA) is 18.5 Å². The van der Waals surface area contributed by atoms with Gasteiger partial charge < -0.3 is 9.47 Å². The summed E-state index contributed by atoms with van der Waals surface area (Å²) in [5.41, 5.74) is 2.13. The van der Waals surface area contributed by atoms with Crippen molar-refractivity contribution >= 4 is 0 Å².